The molecule has 2 rings (SSSR count). The third kappa shape index (κ3) is 3.76. The molecular weight excluding hydrogens is 294 g/mol. The van der Waals surface area contributed by atoms with E-state index in [2.05, 4.69) is 10.6 Å². The minimum atomic E-state index is -0.303. The van der Waals surface area contributed by atoms with Crippen LogP contribution in [0.15, 0.2) is 18.2 Å². The van der Waals surface area contributed by atoms with Crippen LogP contribution in [0.5, 0.6) is 0 Å². The first-order valence-corrected chi connectivity index (χ1v) is 8.03. The molecule has 0 fully saturated rings. The van der Waals surface area contributed by atoms with Crippen LogP contribution in [0.4, 0.5) is 0 Å². The molecule has 1 aliphatic heterocycles. The van der Waals surface area contributed by atoms with Crippen molar-refractivity contribution in [2.24, 2.45) is 0 Å². The number of carbonyl (C=O) groups is 3. The van der Waals surface area contributed by atoms with Gasteiger partial charge in [-0.1, -0.05) is 13.3 Å². The van der Waals surface area contributed by atoms with Gasteiger partial charge in [-0.15, -0.1) is 0 Å². The summed E-state index contributed by atoms with van der Waals surface area (Å²) in [5, 5.41) is 5.82. The van der Waals surface area contributed by atoms with Crippen LogP contribution in [0.25, 0.3) is 0 Å². The highest BCUT2D eigenvalue weighted by atomic mass is 16.2. The topological polar surface area (TPSA) is 78.5 Å². The molecular formula is C17H23N3O3. The van der Waals surface area contributed by atoms with Gasteiger partial charge in [-0.05, 0) is 44.6 Å². The summed E-state index contributed by atoms with van der Waals surface area (Å²) >= 11 is 0. The summed E-state index contributed by atoms with van der Waals surface area (Å²) in [7, 11) is 1.86. The van der Waals surface area contributed by atoms with Crippen molar-refractivity contribution in [1.82, 2.24) is 15.5 Å². The number of benzene rings is 1. The van der Waals surface area contributed by atoms with Gasteiger partial charge in [0.15, 0.2) is 0 Å². The van der Waals surface area contributed by atoms with E-state index in [1.54, 1.807) is 12.1 Å². The fourth-order valence-electron chi connectivity index (χ4n) is 2.52. The molecule has 0 unspecified atom stereocenters. The van der Waals surface area contributed by atoms with E-state index in [4.69, 9.17) is 0 Å². The summed E-state index contributed by atoms with van der Waals surface area (Å²) in [5.74, 6) is -0.793. The third-order valence-corrected chi connectivity index (χ3v) is 3.86. The quantitative estimate of drug-likeness (QED) is 0.561. The monoisotopic (exact) mass is 317 g/mol. The fraction of sp³-hybridized carbons (Fsp3) is 0.471. The minimum Gasteiger partial charge on any atom is -0.352 e. The third-order valence-electron chi connectivity index (χ3n) is 3.86. The van der Waals surface area contributed by atoms with Crippen molar-refractivity contribution in [3.05, 3.63) is 34.9 Å². The fourth-order valence-corrected chi connectivity index (χ4v) is 2.52. The number of imide groups is 1. The van der Waals surface area contributed by atoms with Crippen molar-refractivity contribution in [2.45, 2.75) is 26.2 Å². The van der Waals surface area contributed by atoms with E-state index in [1.165, 1.54) is 11.0 Å². The van der Waals surface area contributed by atoms with Crippen LogP contribution in [0.1, 0.15) is 57.3 Å². The van der Waals surface area contributed by atoms with Gasteiger partial charge in [0.1, 0.15) is 0 Å². The van der Waals surface area contributed by atoms with Gasteiger partial charge in [-0.2, -0.15) is 0 Å². The SMILES string of the molecule is CCCCN1C(=O)c2ccc(C(=O)NCCCNC)cc2C1=O. The van der Waals surface area contributed by atoms with Crippen molar-refractivity contribution in [2.75, 3.05) is 26.7 Å². The van der Waals surface area contributed by atoms with Gasteiger partial charge in [0, 0.05) is 18.7 Å². The molecule has 0 bridgehead atoms. The second-order valence-electron chi connectivity index (χ2n) is 5.59. The average molecular weight is 317 g/mol. The Bertz CT molecular complexity index is 613. The molecule has 0 aromatic heterocycles. The molecule has 1 aliphatic rings. The van der Waals surface area contributed by atoms with Crippen molar-refractivity contribution in [3.63, 3.8) is 0 Å². The Morgan fingerprint density at radius 1 is 1.09 bits per heavy atom. The standard InChI is InChI=1S/C17H23N3O3/c1-3-4-10-20-16(22)13-7-6-12(11-14(13)17(20)23)15(21)19-9-5-8-18-2/h6-7,11,18H,3-5,8-10H2,1-2H3,(H,19,21). The molecule has 3 amide bonds. The second-order valence-corrected chi connectivity index (χ2v) is 5.59. The minimum absolute atomic E-state index is 0.226. The van der Waals surface area contributed by atoms with Crippen LogP contribution < -0.4 is 10.6 Å². The molecule has 23 heavy (non-hydrogen) atoms. The Hall–Kier alpha value is -2.21. The summed E-state index contributed by atoms with van der Waals surface area (Å²) in [4.78, 5) is 38.0. The van der Waals surface area contributed by atoms with Crippen LogP contribution in [0.2, 0.25) is 0 Å². The number of hydrogen-bond donors (Lipinski definition) is 2. The van der Waals surface area contributed by atoms with E-state index in [9.17, 15) is 14.4 Å². The van der Waals surface area contributed by atoms with Gasteiger partial charge in [0.05, 0.1) is 11.1 Å². The summed E-state index contributed by atoms with van der Waals surface area (Å²) in [5.41, 5.74) is 1.12. The molecule has 124 valence electrons. The first-order valence-electron chi connectivity index (χ1n) is 8.03. The second kappa shape index (κ2) is 7.87. The Labute approximate surface area is 136 Å². The zero-order valence-electron chi connectivity index (χ0n) is 13.6. The number of unbranched alkanes of at least 4 members (excludes halogenated alkanes) is 1. The van der Waals surface area contributed by atoms with Crippen LogP contribution >= 0.6 is 0 Å². The van der Waals surface area contributed by atoms with Crippen molar-refractivity contribution < 1.29 is 14.4 Å². The van der Waals surface area contributed by atoms with E-state index >= 15 is 0 Å². The van der Waals surface area contributed by atoms with E-state index in [0.717, 1.165) is 25.8 Å². The number of fused-ring (bicyclic) bond motifs is 1. The lowest BCUT2D eigenvalue weighted by Crippen LogP contribution is -2.30. The Kier molecular flexibility index (Phi) is 5.87. The van der Waals surface area contributed by atoms with E-state index in [-0.39, 0.29) is 17.7 Å². The molecule has 1 aromatic rings. The van der Waals surface area contributed by atoms with Crippen molar-refractivity contribution in [1.29, 1.82) is 0 Å². The summed E-state index contributed by atoms with van der Waals surface area (Å²) < 4.78 is 0. The molecule has 1 heterocycles. The van der Waals surface area contributed by atoms with Gasteiger partial charge in [0.2, 0.25) is 0 Å². The highest BCUT2D eigenvalue weighted by Crippen LogP contribution is 2.24. The van der Waals surface area contributed by atoms with Gasteiger partial charge in [-0.25, -0.2) is 0 Å². The lowest BCUT2D eigenvalue weighted by molar-refractivity contribution is 0.0652. The molecule has 0 radical (unpaired) electrons. The summed E-state index contributed by atoms with van der Waals surface area (Å²) in [6.45, 7) is 3.82. The predicted octanol–water partition coefficient (Wildman–Crippen LogP) is 1.42. The zero-order chi connectivity index (χ0) is 16.8. The lowest BCUT2D eigenvalue weighted by Gasteiger charge is -2.12. The molecule has 6 nitrogen and oxygen atoms in total. The molecule has 6 heteroatoms. The van der Waals surface area contributed by atoms with Gasteiger partial charge >= 0.3 is 0 Å². The Balaban J connectivity index is 2.09. The van der Waals surface area contributed by atoms with Crippen LogP contribution in [0.3, 0.4) is 0 Å². The maximum absolute atomic E-state index is 12.4. The van der Waals surface area contributed by atoms with Gasteiger partial charge in [0.25, 0.3) is 17.7 Å². The maximum Gasteiger partial charge on any atom is 0.261 e. The highest BCUT2D eigenvalue weighted by molar-refractivity contribution is 6.22. The number of amides is 3. The number of rotatable bonds is 8. The molecule has 0 spiro atoms. The van der Waals surface area contributed by atoms with Crippen molar-refractivity contribution in [3.8, 4) is 0 Å². The number of carbonyl (C=O) groups excluding carboxylic acids is 3. The molecule has 0 saturated heterocycles. The predicted molar refractivity (Wildman–Crippen MR) is 87.6 cm³/mol. The zero-order valence-corrected chi connectivity index (χ0v) is 13.6. The van der Waals surface area contributed by atoms with Crippen molar-refractivity contribution >= 4 is 17.7 Å². The van der Waals surface area contributed by atoms with E-state index in [0.29, 0.717) is 29.8 Å². The highest BCUT2D eigenvalue weighted by Gasteiger charge is 2.35. The molecule has 0 atom stereocenters. The van der Waals surface area contributed by atoms with Gasteiger partial charge < -0.3 is 10.6 Å². The van der Waals surface area contributed by atoms with E-state index in [1.807, 2.05) is 14.0 Å². The number of nitrogens with one attached hydrogen (secondary N) is 2. The summed E-state index contributed by atoms with van der Waals surface area (Å²) in [6, 6.07) is 4.69. The average Bonchev–Trinajstić information content (AvgIpc) is 2.80. The number of nitrogens with zero attached hydrogens (tertiary/aromatic N) is 1. The largest absolute Gasteiger partial charge is 0.352 e. The van der Waals surface area contributed by atoms with E-state index < -0.39 is 0 Å². The first-order chi connectivity index (χ1) is 11.1. The van der Waals surface area contributed by atoms with Gasteiger partial charge in [-0.3, -0.25) is 19.3 Å². The molecule has 0 saturated carbocycles. The Morgan fingerprint density at radius 3 is 2.52 bits per heavy atom. The normalized spacial score (nSPS) is 13.4. The molecule has 1 aromatic carbocycles. The van der Waals surface area contributed by atoms with Crippen LogP contribution in [-0.4, -0.2) is 49.3 Å². The molecule has 0 aliphatic carbocycles. The van der Waals surface area contributed by atoms with Crippen LogP contribution in [-0.2, 0) is 0 Å². The molecule has 2 N–H and O–H groups in total. The Morgan fingerprint density at radius 2 is 1.83 bits per heavy atom. The number of hydrogen-bond acceptors (Lipinski definition) is 4. The first kappa shape index (κ1) is 17.1. The smallest absolute Gasteiger partial charge is 0.261 e. The maximum atomic E-state index is 12.4. The lowest BCUT2D eigenvalue weighted by atomic mass is 10.1. The van der Waals surface area contributed by atoms with Crippen LogP contribution in [0, 0.1) is 0 Å². The summed E-state index contributed by atoms with van der Waals surface area (Å²) in [6.07, 6.45) is 2.52.